The Morgan fingerprint density at radius 1 is 1.08 bits per heavy atom. The van der Waals surface area contributed by atoms with Gasteiger partial charge in [0.05, 0.1) is 11.8 Å². The Kier molecular flexibility index (Phi) is 4.79. The lowest BCUT2D eigenvalue weighted by Crippen LogP contribution is -2.50. The van der Waals surface area contributed by atoms with E-state index >= 15 is 0 Å². The third-order valence-electron chi connectivity index (χ3n) is 4.11. The molecular formula is C19H20N2O3. The van der Waals surface area contributed by atoms with Crippen molar-refractivity contribution in [3.63, 3.8) is 0 Å². The van der Waals surface area contributed by atoms with Crippen molar-refractivity contribution >= 4 is 17.9 Å². The Balaban J connectivity index is 1.54. The average molecular weight is 324 g/mol. The maximum absolute atomic E-state index is 12.3. The summed E-state index contributed by atoms with van der Waals surface area (Å²) in [6, 6.07) is 9.66. The van der Waals surface area contributed by atoms with Crippen LogP contribution >= 0.6 is 0 Å². The number of carbonyl (C=O) groups excluding carboxylic acids is 2. The third kappa shape index (κ3) is 3.74. The first kappa shape index (κ1) is 16.1. The summed E-state index contributed by atoms with van der Waals surface area (Å²) in [7, 11) is 0. The number of benzene rings is 1. The summed E-state index contributed by atoms with van der Waals surface area (Å²) in [6.45, 7) is 4.18. The Bertz CT molecular complexity index is 742. The van der Waals surface area contributed by atoms with Crippen molar-refractivity contribution in [2.24, 2.45) is 0 Å². The van der Waals surface area contributed by atoms with Crippen LogP contribution in [0.4, 0.5) is 0 Å². The van der Waals surface area contributed by atoms with E-state index in [2.05, 4.69) is 0 Å². The van der Waals surface area contributed by atoms with Crippen molar-refractivity contribution in [3.8, 4) is 0 Å². The minimum atomic E-state index is -0.0499. The molecular weight excluding hydrogens is 304 g/mol. The van der Waals surface area contributed by atoms with Gasteiger partial charge in [-0.2, -0.15) is 0 Å². The highest BCUT2D eigenvalue weighted by Crippen LogP contribution is 2.11. The molecule has 5 nitrogen and oxygen atoms in total. The SMILES string of the molecule is Cc1cccc(/C=C/C(=O)N2CCN(C(=O)c3ccoc3)CC2)c1. The number of amides is 2. The summed E-state index contributed by atoms with van der Waals surface area (Å²) < 4.78 is 4.95. The molecule has 124 valence electrons. The van der Waals surface area contributed by atoms with E-state index in [1.165, 1.54) is 12.5 Å². The van der Waals surface area contributed by atoms with Gasteiger partial charge in [-0.05, 0) is 24.6 Å². The van der Waals surface area contributed by atoms with Crippen LogP contribution in [0, 0.1) is 6.92 Å². The second kappa shape index (κ2) is 7.17. The standard InChI is InChI=1S/C19H20N2O3/c1-15-3-2-4-16(13-15)5-6-18(22)20-8-10-21(11-9-20)19(23)17-7-12-24-14-17/h2-7,12-14H,8-11H2,1H3/b6-5+. The molecule has 1 aromatic carbocycles. The second-order valence-corrected chi connectivity index (χ2v) is 5.88. The summed E-state index contributed by atoms with van der Waals surface area (Å²) in [5.74, 6) is -0.0712. The largest absolute Gasteiger partial charge is 0.472 e. The highest BCUT2D eigenvalue weighted by atomic mass is 16.3. The minimum absolute atomic E-state index is 0.0214. The topological polar surface area (TPSA) is 53.8 Å². The van der Waals surface area contributed by atoms with Crippen molar-refractivity contribution < 1.29 is 14.0 Å². The number of rotatable bonds is 3. The van der Waals surface area contributed by atoms with Gasteiger partial charge in [-0.25, -0.2) is 0 Å². The average Bonchev–Trinajstić information content (AvgIpc) is 3.14. The molecule has 0 atom stereocenters. The van der Waals surface area contributed by atoms with Crippen LogP contribution in [0.2, 0.25) is 0 Å². The first-order valence-electron chi connectivity index (χ1n) is 7.98. The fourth-order valence-corrected chi connectivity index (χ4v) is 2.75. The number of aryl methyl sites for hydroxylation is 1. The highest BCUT2D eigenvalue weighted by Gasteiger charge is 2.24. The summed E-state index contributed by atoms with van der Waals surface area (Å²) >= 11 is 0. The van der Waals surface area contributed by atoms with Gasteiger partial charge < -0.3 is 14.2 Å². The molecule has 1 fully saturated rings. The number of hydrogen-bond donors (Lipinski definition) is 0. The second-order valence-electron chi connectivity index (χ2n) is 5.88. The molecule has 0 aliphatic carbocycles. The molecule has 0 unspecified atom stereocenters. The van der Waals surface area contributed by atoms with Crippen LogP contribution < -0.4 is 0 Å². The molecule has 2 heterocycles. The Morgan fingerprint density at radius 3 is 2.50 bits per heavy atom. The number of piperazine rings is 1. The predicted molar refractivity (Wildman–Crippen MR) is 91.4 cm³/mol. The van der Waals surface area contributed by atoms with Crippen LogP contribution in [0.1, 0.15) is 21.5 Å². The van der Waals surface area contributed by atoms with E-state index < -0.39 is 0 Å². The number of nitrogens with zero attached hydrogens (tertiary/aromatic N) is 2. The molecule has 24 heavy (non-hydrogen) atoms. The molecule has 1 aliphatic heterocycles. The van der Waals surface area contributed by atoms with Crippen molar-refractivity contribution in [1.82, 2.24) is 9.80 Å². The van der Waals surface area contributed by atoms with Crippen molar-refractivity contribution in [2.75, 3.05) is 26.2 Å². The van der Waals surface area contributed by atoms with E-state index in [0.29, 0.717) is 31.7 Å². The maximum atomic E-state index is 12.3. The van der Waals surface area contributed by atoms with Crippen molar-refractivity contribution in [3.05, 3.63) is 65.6 Å². The number of hydrogen-bond acceptors (Lipinski definition) is 3. The quantitative estimate of drug-likeness (QED) is 0.816. The van der Waals surface area contributed by atoms with Crippen LogP contribution in [0.15, 0.2) is 53.4 Å². The molecule has 0 bridgehead atoms. The molecule has 2 aromatic rings. The Labute approximate surface area is 141 Å². The Hall–Kier alpha value is -2.82. The summed E-state index contributed by atoms with van der Waals surface area (Å²) in [5.41, 5.74) is 2.72. The van der Waals surface area contributed by atoms with Gasteiger partial charge in [0.25, 0.3) is 5.91 Å². The van der Waals surface area contributed by atoms with Gasteiger partial charge in [-0.3, -0.25) is 9.59 Å². The molecule has 5 heteroatoms. The summed E-state index contributed by atoms with van der Waals surface area (Å²) in [5, 5.41) is 0. The van der Waals surface area contributed by atoms with Gasteiger partial charge in [0.15, 0.2) is 0 Å². The molecule has 0 N–H and O–H groups in total. The monoisotopic (exact) mass is 324 g/mol. The first-order chi connectivity index (χ1) is 11.6. The van der Waals surface area contributed by atoms with Crippen LogP contribution in [0.25, 0.3) is 6.08 Å². The van der Waals surface area contributed by atoms with Crippen LogP contribution in [0.3, 0.4) is 0 Å². The lowest BCUT2D eigenvalue weighted by Gasteiger charge is -2.34. The lowest BCUT2D eigenvalue weighted by molar-refractivity contribution is -0.127. The van der Waals surface area contributed by atoms with E-state index in [0.717, 1.165) is 11.1 Å². The lowest BCUT2D eigenvalue weighted by atomic mass is 10.1. The smallest absolute Gasteiger partial charge is 0.257 e. The fourth-order valence-electron chi connectivity index (χ4n) is 2.75. The van der Waals surface area contributed by atoms with Gasteiger partial charge >= 0.3 is 0 Å². The number of carbonyl (C=O) groups is 2. The predicted octanol–water partition coefficient (Wildman–Crippen LogP) is 2.59. The van der Waals surface area contributed by atoms with Gasteiger partial charge in [-0.1, -0.05) is 29.8 Å². The van der Waals surface area contributed by atoms with E-state index in [1.54, 1.807) is 21.9 Å². The molecule has 0 spiro atoms. The molecule has 2 amide bonds. The fraction of sp³-hybridized carbons (Fsp3) is 0.263. The molecule has 1 aromatic heterocycles. The van der Waals surface area contributed by atoms with Crippen LogP contribution in [-0.2, 0) is 4.79 Å². The number of furan rings is 1. The van der Waals surface area contributed by atoms with Crippen molar-refractivity contribution in [2.45, 2.75) is 6.92 Å². The van der Waals surface area contributed by atoms with E-state index in [-0.39, 0.29) is 11.8 Å². The Morgan fingerprint density at radius 2 is 1.83 bits per heavy atom. The molecule has 1 saturated heterocycles. The molecule has 0 saturated carbocycles. The van der Waals surface area contributed by atoms with Gasteiger partial charge in [0.2, 0.25) is 5.91 Å². The highest BCUT2D eigenvalue weighted by molar-refractivity contribution is 5.94. The van der Waals surface area contributed by atoms with E-state index in [9.17, 15) is 9.59 Å². The zero-order valence-corrected chi connectivity index (χ0v) is 13.6. The van der Waals surface area contributed by atoms with Crippen LogP contribution in [0.5, 0.6) is 0 Å². The molecule has 0 radical (unpaired) electrons. The summed E-state index contributed by atoms with van der Waals surface area (Å²) in [4.78, 5) is 28.0. The third-order valence-corrected chi connectivity index (χ3v) is 4.11. The normalized spacial score (nSPS) is 15.0. The van der Waals surface area contributed by atoms with Gasteiger partial charge in [0.1, 0.15) is 6.26 Å². The maximum Gasteiger partial charge on any atom is 0.257 e. The van der Waals surface area contributed by atoms with Crippen molar-refractivity contribution in [1.29, 1.82) is 0 Å². The molecule has 1 aliphatic rings. The first-order valence-corrected chi connectivity index (χ1v) is 7.98. The minimum Gasteiger partial charge on any atom is -0.472 e. The van der Waals surface area contributed by atoms with E-state index in [1.807, 2.05) is 37.3 Å². The van der Waals surface area contributed by atoms with Gasteiger partial charge in [0, 0.05) is 32.3 Å². The zero-order chi connectivity index (χ0) is 16.9. The molecule has 3 rings (SSSR count). The zero-order valence-electron chi connectivity index (χ0n) is 13.6. The van der Waals surface area contributed by atoms with E-state index in [4.69, 9.17) is 4.42 Å². The van der Waals surface area contributed by atoms with Crippen LogP contribution in [-0.4, -0.2) is 47.8 Å². The summed E-state index contributed by atoms with van der Waals surface area (Å²) in [6.07, 6.45) is 6.37. The van der Waals surface area contributed by atoms with Gasteiger partial charge in [-0.15, -0.1) is 0 Å².